The average Bonchev–Trinajstić information content (AvgIpc) is 2.25. The molecule has 0 aliphatic heterocycles. The fourth-order valence-electron chi connectivity index (χ4n) is 1.96. The maximum atomic E-state index is 11.6. The van der Waals surface area contributed by atoms with Crippen LogP contribution in [0.25, 0.3) is 0 Å². The third kappa shape index (κ3) is 2.80. The topological polar surface area (TPSA) is 77.8 Å². The third-order valence-electron chi connectivity index (χ3n) is 2.66. The SMILES string of the molecule is CC(=O)N(C(C)C)C(C(=O)O)c1ccccc1O. The molecule has 0 aliphatic rings. The molecule has 2 N–H and O–H groups in total. The second-order valence-corrected chi connectivity index (χ2v) is 4.32. The molecule has 18 heavy (non-hydrogen) atoms. The lowest BCUT2D eigenvalue weighted by Gasteiger charge is -2.32. The summed E-state index contributed by atoms with van der Waals surface area (Å²) in [4.78, 5) is 24.2. The van der Waals surface area contributed by atoms with Gasteiger partial charge in [-0.25, -0.2) is 4.79 Å². The number of carboxylic acids is 1. The van der Waals surface area contributed by atoms with Crippen LogP contribution >= 0.6 is 0 Å². The molecule has 0 heterocycles. The average molecular weight is 251 g/mol. The Bertz CT molecular complexity index is 456. The Morgan fingerprint density at radius 1 is 1.22 bits per heavy atom. The quantitative estimate of drug-likeness (QED) is 0.855. The van der Waals surface area contributed by atoms with Crippen molar-refractivity contribution in [3.8, 4) is 5.75 Å². The largest absolute Gasteiger partial charge is 0.508 e. The summed E-state index contributed by atoms with van der Waals surface area (Å²) in [5.74, 6) is -1.64. The molecule has 0 fully saturated rings. The minimum Gasteiger partial charge on any atom is -0.508 e. The lowest BCUT2D eigenvalue weighted by molar-refractivity contribution is -0.151. The van der Waals surface area contributed by atoms with E-state index in [4.69, 9.17) is 0 Å². The van der Waals surface area contributed by atoms with Gasteiger partial charge in [0.1, 0.15) is 5.75 Å². The van der Waals surface area contributed by atoms with E-state index in [0.717, 1.165) is 0 Å². The van der Waals surface area contributed by atoms with Gasteiger partial charge in [-0.05, 0) is 19.9 Å². The van der Waals surface area contributed by atoms with Gasteiger partial charge >= 0.3 is 5.97 Å². The van der Waals surface area contributed by atoms with Crippen LogP contribution in [-0.4, -0.2) is 33.0 Å². The third-order valence-corrected chi connectivity index (χ3v) is 2.66. The van der Waals surface area contributed by atoms with E-state index in [1.807, 2.05) is 0 Å². The molecule has 1 aromatic carbocycles. The van der Waals surface area contributed by atoms with Crippen molar-refractivity contribution in [3.05, 3.63) is 29.8 Å². The first-order chi connectivity index (χ1) is 8.36. The Hall–Kier alpha value is -2.04. The molecule has 98 valence electrons. The van der Waals surface area contributed by atoms with Crippen molar-refractivity contribution in [1.29, 1.82) is 0 Å². The molecule has 0 saturated carbocycles. The lowest BCUT2D eigenvalue weighted by Crippen LogP contribution is -2.42. The zero-order chi connectivity index (χ0) is 13.9. The summed E-state index contributed by atoms with van der Waals surface area (Å²) in [6.07, 6.45) is 0. The van der Waals surface area contributed by atoms with Gasteiger partial charge in [0.2, 0.25) is 5.91 Å². The molecule has 0 aliphatic carbocycles. The van der Waals surface area contributed by atoms with E-state index >= 15 is 0 Å². The van der Waals surface area contributed by atoms with Gasteiger partial charge in [0.15, 0.2) is 6.04 Å². The molecule has 1 unspecified atom stereocenters. The number of amides is 1. The predicted octanol–water partition coefficient (Wildman–Crippen LogP) is 1.77. The smallest absolute Gasteiger partial charge is 0.331 e. The van der Waals surface area contributed by atoms with Crippen LogP contribution in [0.3, 0.4) is 0 Å². The summed E-state index contributed by atoms with van der Waals surface area (Å²) < 4.78 is 0. The Morgan fingerprint density at radius 2 is 1.78 bits per heavy atom. The molecule has 0 bridgehead atoms. The summed E-state index contributed by atoms with van der Waals surface area (Å²) in [5.41, 5.74) is 0.217. The zero-order valence-corrected chi connectivity index (χ0v) is 10.6. The summed E-state index contributed by atoms with van der Waals surface area (Å²) in [5, 5.41) is 19.1. The summed E-state index contributed by atoms with van der Waals surface area (Å²) in [6, 6.07) is 4.69. The van der Waals surface area contributed by atoms with E-state index in [-0.39, 0.29) is 23.3 Å². The minimum absolute atomic E-state index is 0.128. The standard InChI is InChI=1S/C13H17NO4/c1-8(2)14(9(3)15)12(13(17)18)10-6-4-5-7-11(10)16/h4-8,12,16H,1-3H3,(H,17,18). The van der Waals surface area contributed by atoms with E-state index < -0.39 is 12.0 Å². The molecule has 5 heteroatoms. The van der Waals surface area contributed by atoms with Gasteiger partial charge in [-0.15, -0.1) is 0 Å². The molecule has 0 saturated heterocycles. The number of carbonyl (C=O) groups excluding carboxylic acids is 1. The van der Waals surface area contributed by atoms with Gasteiger partial charge in [-0.2, -0.15) is 0 Å². The van der Waals surface area contributed by atoms with E-state index in [9.17, 15) is 19.8 Å². The number of phenols is 1. The Labute approximate surface area is 106 Å². The molecule has 1 atom stereocenters. The first-order valence-corrected chi connectivity index (χ1v) is 5.65. The number of rotatable bonds is 4. The van der Waals surface area contributed by atoms with Gasteiger partial charge in [-0.1, -0.05) is 18.2 Å². The molecule has 1 aromatic rings. The van der Waals surface area contributed by atoms with Crippen molar-refractivity contribution < 1.29 is 19.8 Å². The molecular formula is C13H17NO4. The van der Waals surface area contributed by atoms with Gasteiger partial charge < -0.3 is 15.1 Å². The highest BCUT2D eigenvalue weighted by molar-refractivity contribution is 5.84. The van der Waals surface area contributed by atoms with Crippen LogP contribution in [0.5, 0.6) is 5.75 Å². The molecular weight excluding hydrogens is 234 g/mol. The monoisotopic (exact) mass is 251 g/mol. The maximum Gasteiger partial charge on any atom is 0.331 e. The normalized spacial score (nSPS) is 12.2. The maximum absolute atomic E-state index is 11.6. The van der Waals surface area contributed by atoms with Crippen molar-refractivity contribution >= 4 is 11.9 Å². The van der Waals surface area contributed by atoms with Crippen molar-refractivity contribution in [2.24, 2.45) is 0 Å². The molecule has 0 aromatic heterocycles. The van der Waals surface area contributed by atoms with Crippen LogP contribution in [0.1, 0.15) is 32.4 Å². The number of phenolic OH excluding ortho intramolecular Hbond substituents is 1. The van der Waals surface area contributed by atoms with Gasteiger partial charge in [-0.3, -0.25) is 4.79 Å². The minimum atomic E-state index is -1.18. The number of carbonyl (C=O) groups is 2. The summed E-state index contributed by atoms with van der Waals surface area (Å²) >= 11 is 0. The van der Waals surface area contributed by atoms with Crippen molar-refractivity contribution in [2.75, 3.05) is 0 Å². The fraction of sp³-hybridized carbons (Fsp3) is 0.385. The van der Waals surface area contributed by atoms with E-state index in [1.165, 1.54) is 24.0 Å². The highest BCUT2D eigenvalue weighted by Crippen LogP contribution is 2.30. The van der Waals surface area contributed by atoms with Gasteiger partial charge in [0.05, 0.1) is 0 Å². The fourth-order valence-corrected chi connectivity index (χ4v) is 1.96. The highest BCUT2D eigenvalue weighted by Gasteiger charge is 2.32. The zero-order valence-electron chi connectivity index (χ0n) is 10.6. The number of benzene rings is 1. The van der Waals surface area contributed by atoms with Crippen LogP contribution in [0.4, 0.5) is 0 Å². The lowest BCUT2D eigenvalue weighted by atomic mass is 10.0. The van der Waals surface area contributed by atoms with Crippen LogP contribution in [-0.2, 0) is 9.59 Å². The molecule has 0 spiro atoms. The number of para-hydroxylation sites is 1. The van der Waals surface area contributed by atoms with E-state index in [1.54, 1.807) is 26.0 Å². The highest BCUT2D eigenvalue weighted by atomic mass is 16.4. The van der Waals surface area contributed by atoms with E-state index in [0.29, 0.717) is 0 Å². The summed E-state index contributed by atoms with van der Waals surface area (Å²) in [6.45, 7) is 4.78. The van der Waals surface area contributed by atoms with Gasteiger partial charge in [0, 0.05) is 18.5 Å². The number of carboxylic acid groups (broad SMARTS) is 1. The Balaban J connectivity index is 3.30. The second kappa shape index (κ2) is 5.53. The van der Waals surface area contributed by atoms with Crippen molar-refractivity contribution in [2.45, 2.75) is 32.9 Å². The van der Waals surface area contributed by atoms with Gasteiger partial charge in [0.25, 0.3) is 0 Å². The predicted molar refractivity (Wildman–Crippen MR) is 66.1 cm³/mol. The first kappa shape index (κ1) is 14.0. The number of aromatic hydroxyl groups is 1. The Kier molecular flexibility index (Phi) is 4.31. The molecule has 1 rings (SSSR count). The number of hydrogen-bond acceptors (Lipinski definition) is 3. The number of hydrogen-bond donors (Lipinski definition) is 2. The Morgan fingerprint density at radius 3 is 2.17 bits per heavy atom. The van der Waals surface area contributed by atoms with Crippen molar-refractivity contribution in [1.82, 2.24) is 4.90 Å². The molecule has 0 radical (unpaired) electrons. The number of nitrogens with zero attached hydrogens (tertiary/aromatic N) is 1. The van der Waals surface area contributed by atoms with Crippen LogP contribution < -0.4 is 0 Å². The first-order valence-electron chi connectivity index (χ1n) is 5.65. The molecule has 5 nitrogen and oxygen atoms in total. The number of aliphatic carboxylic acids is 1. The second-order valence-electron chi connectivity index (χ2n) is 4.32. The van der Waals surface area contributed by atoms with Crippen LogP contribution in [0.2, 0.25) is 0 Å². The van der Waals surface area contributed by atoms with Crippen molar-refractivity contribution in [3.63, 3.8) is 0 Å². The van der Waals surface area contributed by atoms with E-state index in [2.05, 4.69) is 0 Å². The van der Waals surface area contributed by atoms with Crippen LogP contribution in [0, 0.1) is 0 Å². The molecule has 1 amide bonds. The summed E-state index contributed by atoms with van der Waals surface area (Å²) in [7, 11) is 0. The van der Waals surface area contributed by atoms with Crippen LogP contribution in [0.15, 0.2) is 24.3 Å².